The maximum absolute atomic E-state index is 12.5. The van der Waals surface area contributed by atoms with Gasteiger partial charge >= 0.3 is 5.97 Å². The standard InChI is InChI=1S/C21H23N3O5/c1-29-21(26)18-10-17(11-19(12-18)24(27)28)20(25)22-13-15-4-6-16(7-5-15)14-23-8-2-3-9-23/h4-7,10-12H,2-3,8-9,13-14H2,1H3,(H,22,25). The number of non-ortho nitro benzene ring substituents is 1. The van der Waals surface area contributed by atoms with Crippen molar-refractivity contribution in [3.8, 4) is 0 Å². The van der Waals surface area contributed by atoms with E-state index in [9.17, 15) is 19.7 Å². The van der Waals surface area contributed by atoms with Gasteiger partial charge < -0.3 is 10.1 Å². The molecule has 1 aliphatic rings. The van der Waals surface area contributed by atoms with Crippen molar-refractivity contribution in [1.82, 2.24) is 10.2 Å². The molecule has 8 nitrogen and oxygen atoms in total. The number of carbonyl (C=O) groups excluding carboxylic acids is 2. The number of rotatable bonds is 7. The number of nitrogens with one attached hydrogen (secondary N) is 1. The first-order valence-corrected chi connectivity index (χ1v) is 9.42. The molecule has 3 rings (SSSR count). The van der Waals surface area contributed by atoms with Crippen LogP contribution in [0.15, 0.2) is 42.5 Å². The lowest BCUT2D eigenvalue weighted by Crippen LogP contribution is -2.23. The molecule has 152 valence electrons. The average molecular weight is 397 g/mol. The number of hydrogen-bond acceptors (Lipinski definition) is 6. The molecule has 0 aromatic heterocycles. The van der Waals surface area contributed by atoms with Gasteiger partial charge in [0.05, 0.1) is 17.6 Å². The highest BCUT2D eigenvalue weighted by atomic mass is 16.6. The third kappa shape index (κ3) is 5.39. The molecule has 1 N–H and O–H groups in total. The number of nitrogens with zero attached hydrogens (tertiary/aromatic N) is 2. The molecule has 0 radical (unpaired) electrons. The van der Waals surface area contributed by atoms with Crippen molar-refractivity contribution in [2.24, 2.45) is 0 Å². The number of nitro groups is 1. The van der Waals surface area contributed by atoms with Gasteiger partial charge in [-0.25, -0.2) is 4.79 Å². The van der Waals surface area contributed by atoms with E-state index in [4.69, 9.17) is 0 Å². The number of benzene rings is 2. The van der Waals surface area contributed by atoms with Gasteiger partial charge in [-0.1, -0.05) is 24.3 Å². The Bertz CT molecular complexity index is 905. The molecule has 1 heterocycles. The zero-order valence-electron chi connectivity index (χ0n) is 16.2. The molecule has 1 fully saturated rings. The molecule has 8 heteroatoms. The summed E-state index contributed by atoms with van der Waals surface area (Å²) in [7, 11) is 1.17. The van der Waals surface area contributed by atoms with E-state index in [2.05, 4.69) is 15.0 Å². The third-order valence-electron chi connectivity index (χ3n) is 4.89. The van der Waals surface area contributed by atoms with Crippen molar-refractivity contribution >= 4 is 17.6 Å². The van der Waals surface area contributed by atoms with Crippen LogP contribution in [0.2, 0.25) is 0 Å². The fraction of sp³-hybridized carbons (Fsp3) is 0.333. The van der Waals surface area contributed by atoms with Gasteiger partial charge in [0.15, 0.2) is 0 Å². The minimum atomic E-state index is -0.739. The molecule has 1 saturated heterocycles. The summed E-state index contributed by atoms with van der Waals surface area (Å²) in [5, 5.41) is 13.8. The zero-order valence-corrected chi connectivity index (χ0v) is 16.2. The predicted octanol–water partition coefficient (Wildman–Crippen LogP) is 2.91. The largest absolute Gasteiger partial charge is 0.465 e. The number of ether oxygens (including phenoxy) is 1. The van der Waals surface area contributed by atoms with Crippen molar-refractivity contribution < 1.29 is 19.2 Å². The van der Waals surface area contributed by atoms with E-state index in [0.29, 0.717) is 0 Å². The van der Waals surface area contributed by atoms with Crippen LogP contribution in [-0.4, -0.2) is 41.9 Å². The first kappa shape index (κ1) is 20.5. The van der Waals surface area contributed by atoms with Crippen molar-refractivity contribution in [3.05, 3.63) is 74.8 Å². The summed E-state index contributed by atoms with van der Waals surface area (Å²) in [6.45, 7) is 3.47. The van der Waals surface area contributed by atoms with Crippen LogP contribution >= 0.6 is 0 Å². The number of hydrogen-bond donors (Lipinski definition) is 1. The fourth-order valence-corrected chi connectivity index (χ4v) is 3.33. The lowest BCUT2D eigenvalue weighted by atomic mass is 10.1. The van der Waals surface area contributed by atoms with Gasteiger partial charge in [0, 0.05) is 30.8 Å². The summed E-state index contributed by atoms with van der Waals surface area (Å²) in [6, 6.07) is 11.5. The number of amides is 1. The van der Waals surface area contributed by atoms with Crippen LogP contribution in [0.1, 0.15) is 44.7 Å². The van der Waals surface area contributed by atoms with Crippen LogP contribution in [0, 0.1) is 10.1 Å². The topological polar surface area (TPSA) is 102 Å². The first-order valence-electron chi connectivity index (χ1n) is 9.42. The fourth-order valence-electron chi connectivity index (χ4n) is 3.33. The summed E-state index contributed by atoms with van der Waals surface area (Å²) >= 11 is 0. The van der Waals surface area contributed by atoms with Crippen molar-refractivity contribution in [3.63, 3.8) is 0 Å². The van der Waals surface area contributed by atoms with Crippen LogP contribution < -0.4 is 5.32 Å². The van der Waals surface area contributed by atoms with Crippen LogP contribution in [0.3, 0.4) is 0 Å². The van der Waals surface area contributed by atoms with E-state index in [1.165, 1.54) is 31.6 Å². The van der Waals surface area contributed by atoms with Crippen molar-refractivity contribution in [1.29, 1.82) is 0 Å². The number of nitro benzene ring substituents is 1. The van der Waals surface area contributed by atoms with Gasteiger partial charge in [0.25, 0.3) is 11.6 Å². The highest BCUT2D eigenvalue weighted by molar-refractivity contribution is 5.98. The maximum Gasteiger partial charge on any atom is 0.338 e. The van der Waals surface area contributed by atoms with E-state index in [0.717, 1.165) is 37.3 Å². The molecule has 0 spiro atoms. The molecule has 1 amide bonds. The molecule has 0 atom stereocenters. The van der Waals surface area contributed by atoms with E-state index in [1.807, 2.05) is 24.3 Å². The molecule has 0 bridgehead atoms. The van der Waals surface area contributed by atoms with E-state index in [1.54, 1.807) is 0 Å². The van der Waals surface area contributed by atoms with Crippen LogP contribution in [-0.2, 0) is 17.8 Å². The second-order valence-electron chi connectivity index (χ2n) is 7.00. The summed E-state index contributed by atoms with van der Waals surface area (Å²) in [6.07, 6.45) is 2.50. The Morgan fingerprint density at radius 2 is 1.69 bits per heavy atom. The second kappa shape index (κ2) is 9.29. The Labute approximate surface area is 168 Å². The smallest absolute Gasteiger partial charge is 0.338 e. The Morgan fingerprint density at radius 1 is 1.07 bits per heavy atom. The van der Waals surface area contributed by atoms with Crippen LogP contribution in [0.4, 0.5) is 5.69 Å². The minimum absolute atomic E-state index is 0.0326. The van der Waals surface area contributed by atoms with Gasteiger partial charge in [0.1, 0.15) is 0 Å². The van der Waals surface area contributed by atoms with E-state index >= 15 is 0 Å². The molecule has 1 aliphatic heterocycles. The lowest BCUT2D eigenvalue weighted by Gasteiger charge is -2.14. The van der Waals surface area contributed by atoms with Gasteiger partial charge in [-0.3, -0.25) is 19.8 Å². The Hall–Kier alpha value is -3.26. The third-order valence-corrected chi connectivity index (χ3v) is 4.89. The molecule has 0 unspecified atom stereocenters. The molecular formula is C21H23N3O5. The van der Waals surface area contributed by atoms with Crippen LogP contribution in [0.5, 0.6) is 0 Å². The SMILES string of the molecule is COC(=O)c1cc(C(=O)NCc2ccc(CN3CCCC3)cc2)cc([N+](=O)[O-])c1. The average Bonchev–Trinajstić information content (AvgIpc) is 3.25. The van der Waals surface area contributed by atoms with Gasteiger partial charge in [-0.15, -0.1) is 0 Å². The lowest BCUT2D eigenvalue weighted by molar-refractivity contribution is -0.384. The number of methoxy groups -OCH3 is 1. The molecule has 2 aromatic rings. The van der Waals surface area contributed by atoms with Crippen LogP contribution in [0.25, 0.3) is 0 Å². The monoisotopic (exact) mass is 397 g/mol. The number of esters is 1. The summed E-state index contributed by atoms with van der Waals surface area (Å²) < 4.78 is 4.60. The predicted molar refractivity (Wildman–Crippen MR) is 107 cm³/mol. The van der Waals surface area contributed by atoms with Crippen molar-refractivity contribution in [2.75, 3.05) is 20.2 Å². The molecule has 29 heavy (non-hydrogen) atoms. The number of likely N-dealkylation sites (tertiary alicyclic amines) is 1. The quantitative estimate of drug-likeness (QED) is 0.438. The Morgan fingerprint density at radius 3 is 2.31 bits per heavy atom. The van der Waals surface area contributed by atoms with Gasteiger partial charge in [-0.05, 0) is 43.1 Å². The molecule has 0 aliphatic carbocycles. The maximum atomic E-state index is 12.5. The Kier molecular flexibility index (Phi) is 6.56. The van der Waals surface area contributed by atoms with E-state index in [-0.39, 0.29) is 23.4 Å². The summed E-state index contributed by atoms with van der Waals surface area (Å²) in [5.74, 6) is -1.24. The minimum Gasteiger partial charge on any atom is -0.465 e. The van der Waals surface area contributed by atoms with Gasteiger partial charge in [-0.2, -0.15) is 0 Å². The normalized spacial score (nSPS) is 13.8. The Balaban J connectivity index is 1.64. The number of carbonyl (C=O) groups is 2. The molecule has 2 aromatic carbocycles. The zero-order chi connectivity index (χ0) is 20.8. The van der Waals surface area contributed by atoms with E-state index < -0.39 is 16.8 Å². The summed E-state index contributed by atoms with van der Waals surface area (Å²) in [4.78, 5) is 37.0. The molecular weight excluding hydrogens is 374 g/mol. The summed E-state index contributed by atoms with van der Waals surface area (Å²) in [5.41, 5.74) is 1.79. The second-order valence-corrected chi connectivity index (χ2v) is 7.00. The van der Waals surface area contributed by atoms with Crippen molar-refractivity contribution in [2.45, 2.75) is 25.9 Å². The highest BCUT2D eigenvalue weighted by Crippen LogP contribution is 2.18. The molecule has 0 saturated carbocycles. The first-order chi connectivity index (χ1) is 14.0. The highest BCUT2D eigenvalue weighted by Gasteiger charge is 2.18. The van der Waals surface area contributed by atoms with Gasteiger partial charge in [0.2, 0.25) is 0 Å².